The molecule has 0 heterocycles. The van der Waals surface area contributed by atoms with Gasteiger partial charge in [0.05, 0.1) is 0 Å². The van der Waals surface area contributed by atoms with Crippen molar-refractivity contribution in [1.29, 1.82) is 0 Å². The lowest BCUT2D eigenvalue weighted by molar-refractivity contribution is -0.144. The van der Waals surface area contributed by atoms with Crippen LogP contribution in [0.4, 0.5) is 0 Å². The molecule has 0 radical (unpaired) electrons. The third kappa shape index (κ3) is 3.42. The van der Waals surface area contributed by atoms with Crippen molar-refractivity contribution < 1.29 is 9.53 Å². The maximum absolute atomic E-state index is 10.9. The van der Waals surface area contributed by atoms with Crippen molar-refractivity contribution in [1.82, 2.24) is 0 Å². The highest BCUT2D eigenvalue weighted by Gasteiger charge is 1.99. The molecule has 3 heteroatoms. The Balaban J connectivity index is 2.47. The topological polar surface area (TPSA) is 26.3 Å². The minimum atomic E-state index is -0.154. The number of ether oxygens (including phenoxy) is 1. The van der Waals surface area contributed by atoms with E-state index in [-0.39, 0.29) is 5.97 Å². The van der Waals surface area contributed by atoms with E-state index >= 15 is 0 Å². The maximum atomic E-state index is 10.9. The van der Waals surface area contributed by atoms with Crippen molar-refractivity contribution in [3.05, 3.63) is 29.8 Å². The minimum absolute atomic E-state index is 0.154. The number of hydrogen-bond acceptors (Lipinski definition) is 3. The first-order valence-electron chi connectivity index (χ1n) is 4.54. The maximum Gasteiger partial charge on any atom is 0.305 e. The molecular formula is C11H14O2S. The van der Waals surface area contributed by atoms with Gasteiger partial charge in [0.1, 0.15) is 6.61 Å². The first-order chi connectivity index (χ1) is 6.76. The molecule has 0 amide bonds. The normalized spacial score (nSPS) is 9.86. The van der Waals surface area contributed by atoms with Gasteiger partial charge in [-0.2, -0.15) is 0 Å². The fourth-order valence-corrected chi connectivity index (χ4v) is 1.40. The largest absolute Gasteiger partial charge is 0.461 e. The Morgan fingerprint density at radius 3 is 2.50 bits per heavy atom. The van der Waals surface area contributed by atoms with E-state index in [9.17, 15) is 4.79 Å². The lowest BCUT2D eigenvalue weighted by Gasteiger charge is -2.03. The van der Waals surface area contributed by atoms with Gasteiger partial charge in [-0.25, -0.2) is 0 Å². The fourth-order valence-electron chi connectivity index (χ4n) is 0.988. The number of rotatable bonds is 4. The first kappa shape index (κ1) is 11.1. The average molecular weight is 210 g/mol. The van der Waals surface area contributed by atoms with Gasteiger partial charge >= 0.3 is 5.97 Å². The van der Waals surface area contributed by atoms with E-state index in [0.29, 0.717) is 13.0 Å². The van der Waals surface area contributed by atoms with Crippen LogP contribution in [-0.4, -0.2) is 12.2 Å². The molecule has 0 spiro atoms. The third-order valence-corrected chi connectivity index (χ3v) is 2.59. The number of thioether (sulfide) groups is 1. The molecule has 0 aliphatic heterocycles. The summed E-state index contributed by atoms with van der Waals surface area (Å²) in [5.41, 5.74) is 1.03. The number of carbonyl (C=O) groups is 1. The number of benzene rings is 1. The predicted molar refractivity (Wildman–Crippen MR) is 58.3 cm³/mol. The van der Waals surface area contributed by atoms with Crippen LogP contribution >= 0.6 is 11.8 Å². The summed E-state index contributed by atoms with van der Waals surface area (Å²) in [5, 5.41) is 0. The molecule has 1 rings (SSSR count). The summed E-state index contributed by atoms with van der Waals surface area (Å²) in [7, 11) is 0. The zero-order valence-electron chi connectivity index (χ0n) is 8.45. The van der Waals surface area contributed by atoms with E-state index in [4.69, 9.17) is 4.74 Å². The Kier molecular flexibility index (Phi) is 4.53. The van der Waals surface area contributed by atoms with Crippen LogP contribution in [0.15, 0.2) is 29.2 Å². The van der Waals surface area contributed by atoms with Gasteiger partial charge in [-0.05, 0) is 24.0 Å². The Morgan fingerprint density at radius 1 is 1.36 bits per heavy atom. The smallest absolute Gasteiger partial charge is 0.305 e. The number of carbonyl (C=O) groups excluding carboxylic acids is 1. The van der Waals surface area contributed by atoms with E-state index in [2.05, 4.69) is 0 Å². The summed E-state index contributed by atoms with van der Waals surface area (Å²) in [6.45, 7) is 2.17. The highest BCUT2D eigenvalue weighted by Crippen LogP contribution is 2.15. The zero-order chi connectivity index (χ0) is 10.4. The van der Waals surface area contributed by atoms with Gasteiger partial charge in [-0.15, -0.1) is 11.8 Å². The Morgan fingerprint density at radius 2 is 2.00 bits per heavy atom. The molecule has 1 aromatic carbocycles. The van der Waals surface area contributed by atoms with Gasteiger partial charge in [0.25, 0.3) is 0 Å². The second-order valence-corrected chi connectivity index (χ2v) is 3.74. The molecule has 0 saturated heterocycles. The summed E-state index contributed by atoms with van der Waals surface area (Å²) in [6.07, 6.45) is 2.47. The van der Waals surface area contributed by atoms with Crippen LogP contribution in [0.3, 0.4) is 0 Å². The van der Waals surface area contributed by atoms with Crippen LogP contribution in [0.5, 0.6) is 0 Å². The van der Waals surface area contributed by atoms with Crippen molar-refractivity contribution in [2.24, 2.45) is 0 Å². The van der Waals surface area contributed by atoms with E-state index in [1.165, 1.54) is 4.90 Å². The van der Waals surface area contributed by atoms with Gasteiger partial charge in [-0.3, -0.25) is 4.79 Å². The van der Waals surface area contributed by atoms with Gasteiger partial charge in [0.15, 0.2) is 0 Å². The van der Waals surface area contributed by atoms with Crippen LogP contribution in [-0.2, 0) is 16.1 Å². The molecule has 0 aromatic heterocycles. The second-order valence-electron chi connectivity index (χ2n) is 2.86. The summed E-state index contributed by atoms with van der Waals surface area (Å²) in [6, 6.07) is 8.02. The molecule has 76 valence electrons. The van der Waals surface area contributed by atoms with E-state index in [0.717, 1.165) is 5.56 Å². The molecule has 0 bridgehead atoms. The molecule has 0 fully saturated rings. The Bertz CT molecular complexity index is 293. The molecular weight excluding hydrogens is 196 g/mol. The predicted octanol–water partition coefficient (Wildman–Crippen LogP) is 2.86. The first-order valence-corrected chi connectivity index (χ1v) is 5.77. The van der Waals surface area contributed by atoms with Crippen LogP contribution in [0.25, 0.3) is 0 Å². The molecule has 0 aliphatic rings. The third-order valence-electron chi connectivity index (χ3n) is 1.85. The molecule has 0 saturated carbocycles. The SMILES string of the molecule is CCC(=O)OCc1ccc(SC)cc1. The van der Waals surface area contributed by atoms with E-state index < -0.39 is 0 Å². The zero-order valence-corrected chi connectivity index (χ0v) is 9.26. The fraction of sp³-hybridized carbons (Fsp3) is 0.364. The van der Waals surface area contributed by atoms with Crippen molar-refractivity contribution in [3.63, 3.8) is 0 Å². The van der Waals surface area contributed by atoms with E-state index in [1.54, 1.807) is 18.7 Å². The summed E-state index contributed by atoms with van der Waals surface area (Å²) in [4.78, 5) is 12.1. The number of esters is 1. The lowest BCUT2D eigenvalue weighted by Crippen LogP contribution is -2.01. The molecule has 2 nitrogen and oxygen atoms in total. The molecule has 0 aliphatic carbocycles. The molecule has 0 N–H and O–H groups in total. The minimum Gasteiger partial charge on any atom is -0.461 e. The van der Waals surface area contributed by atoms with Gasteiger partial charge in [0.2, 0.25) is 0 Å². The quantitative estimate of drug-likeness (QED) is 0.564. The summed E-state index contributed by atoms with van der Waals surface area (Å²) in [5.74, 6) is -0.154. The van der Waals surface area contributed by atoms with Crippen molar-refractivity contribution >= 4 is 17.7 Å². The Hall–Kier alpha value is -0.960. The van der Waals surface area contributed by atoms with Crippen LogP contribution < -0.4 is 0 Å². The highest BCUT2D eigenvalue weighted by molar-refractivity contribution is 7.98. The van der Waals surface area contributed by atoms with Gasteiger partial charge < -0.3 is 4.74 Å². The van der Waals surface area contributed by atoms with Crippen molar-refractivity contribution in [2.75, 3.05) is 6.26 Å². The van der Waals surface area contributed by atoms with Crippen molar-refractivity contribution in [2.45, 2.75) is 24.8 Å². The highest BCUT2D eigenvalue weighted by atomic mass is 32.2. The van der Waals surface area contributed by atoms with Crippen LogP contribution in [0.1, 0.15) is 18.9 Å². The summed E-state index contributed by atoms with van der Waals surface area (Å²) >= 11 is 1.70. The monoisotopic (exact) mass is 210 g/mol. The average Bonchev–Trinajstić information content (AvgIpc) is 2.26. The van der Waals surface area contributed by atoms with Crippen LogP contribution in [0, 0.1) is 0 Å². The van der Waals surface area contributed by atoms with Gasteiger partial charge in [0, 0.05) is 11.3 Å². The molecule has 14 heavy (non-hydrogen) atoms. The second kappa shape index (κ2) is 5.70. The molecule has 0 unspecified atom stereocenters. The van der Waals surface area contributed by atoms with Gasteiger partial charge in [-0.1, -0.05) is 19.1 Å². The summed E-state index contributed by atoms with van der Waals surface area (Å²) < 4.78 is 5.00. The van der Waals surface area contributed by atoms with Crippen LogP contribution in [0.2, 0.25) is 0 Å². The van der Waals surface area contributed by atoms with E-state index in [1.807, 2.05) is 30.5 Å². The number of hydrogen-bond donors (Lipinski definition) is 0. The Labute approximate surface area is 88.7 Å². The van der Waals surface area contributed by atoms with Crippen molar-refractivity contribution in [3.8, 4) is 0 Å². The molecule has 0 atom stereocenters. The molecule has 1 aromatic rings. The standard InChI is InChI=1S/C11H14O2S/c1-3-11(12)13-8-9-4-6-10(14-2)7-5-9/h4-7H,3,8H2,1-2H3. The lowest BCUT2D eigenvalue weighted by atomic mass is 10.2.